The fourth-order valence-corrected chi connectivity index (χ4v) is 4.75. The summed E-state index contributed by atoms with van der Waals surface area (Å²) < 4.78 is 5.57. The molecule has 2 aliphatic rings. The Bertz CT molecular complexity index is 695. The predicted molar refractivity (Wildman–Crippen MR) is 95.0 cm³/mol. The number of thiazole rings is 1. The van der Waals surface area contributed by atoms with Gasteiger partial charge in [-0.15, -0.1) is 11.3 Å². The summed E-state index contributed by atoms with van der Waals surface area (Å²) in [4.78, 5) is 15.6. The first-order valence-electron chi connectivity index (χ1n) is 8.90. The van der Waals surface area contributed by atoms with Gasteiger partial charge < -0.3 is 4.42 Å². The van der Waals surface area contributed by atoms with E-state index in [1.165, 1.54) is 36.6 Å². The molecule has 0 spiro atoms. The van der Waals surface area contributed by atoms with Gasteiger partial charge in [0.25, 0.3) is 0 Å². The molecule has 2 atom stereocenters. The number of likely N-dealkylation sites (tertiary alicyclic amines) is 2. The summed E-state index contributed by atoms with van der Waals surface area (Å²) in [5.41, 5.74) is 4.25. The maximum absolute atomic E-state index is 5.57. The van der Waals surface area contributed by atoms with Crippen molar-refractivity contribution in [2.24, 2.45) is 5.92 Å². The van der Waals surface area contributed by atoms with Crippen molar-refractivity contribution >= 4 is 11.3 Å². The molecule has 2 aliphatic heterocycles. The Hall–Kier alpha value is -1.24. The topological polar surface area (TPSA) is 45.4 Å². The van der Waals surface area contributed by atoms with E-state index in [0.717, 1.165) is 36.6 Å². The molecule has 5 nitrogen and oxygen atoms in total. The lowest BCUT2D eigenvalue weighted by Gasteiger charge is -2.53. The summed E-state index contributed by atoms with van der Waals surface area (Å²) in [6, 6.07) is 0.725. The van der Waals surface area contributed by atoms with Crippen molar-refractivity contribution in [1.29, 1.82) is 0 Å². The summed E-state index contributed by atoms with van der Waals surface area (Å²) in [5.74, 6) is 2.03. The van der Waals surface area contributed by atoms with Gasteiger partial charge in [-0.2, -0.15) is 0 Å². The van der Waals surface area contributed by atoms with Gasteiger partial charge in [0.1, 0.15) is 6.26 Å². The molecule has 24 heavy (non-hydrogen) atoms. The largest absolute Gasteiger partial charge is 0.448 e. The van der Waals surface area contributed by atoms with Gasteiger partial charge in [-0.3, -0.25) is 9.80 Å². The fraction of sp³-hybridized carbons (Fsp3) is 0.667. The van der Waals surface area contributed by atoms with Crippen LogP contribution in [0.1, 0.15) is 48.3 Å². The lowest BCUT2D eigenvalue weighted by molar-refractivity contribution is -0.0511. The second-order valence-corrected chi connectivity index (χ2v) is 8.41. The zero-order valence-corrected chi connectivity index (χ0v) is 15.6. The Morgan fingerprint density at radius 2 is 2.21 bits per heavy atom. The molecule has 0 N–H and O–H groups in total. The van der Waals surface area contributed by atoms with Gasteiger partial charge in [-0.1, -0.05) is 13.8 Å². The van der Waals surface area contributed by atoms with Gasteiger partial charge in [0.05, 0.1) is 16.9 Å². The number of rotatable bonds is 5. The molecule has 2 saturated heterocycles. The molecule has 130 valence electrons. The summed E-state index contributed by atoms with van der Waals surface area (Å²) in [6.45, 7) is 12.0. The molecule has 6 heteroatoms. The van der Waals surface area contributed by atoms with E-state index in [4.69, 9.17) is 4.42 Å². The van der Waals surface area contributed by atoms with E-state index in [2.05, 4.69) is 40.5 Å². The average molecular weight is 347 g/mol. The molecule has 0 bridgehead atoms. The fourth-order valence-electron chi connectivity index (χ4n) is 3.93. The first-order chi connectivity index (χ1) is 11.6. The van der Waals surface area contributed by atoms with Gasteiger partial charge in [-0.25, -0.2) is 9.97 Å². The summed E-state index contributed by atoms with van der Waals surface area (Å²) in [6.07, 6.45) is 3.10. The summed E-state index contributed by atoms with van der Waals surface area (Å²) in [7, 11) is 0. The first kappa shape index (κ1) is 16.2. The second-order valence-electron chi connectivity index (χ2n) is 7.47. The van der Waals surface area contributed by atoms with Crippen molar-refractivity contribution in [2.45, 2.75) is 52.2 Å². The molecule has 0 unspecified atom stereocenters. The lowest BCUT2D eigenvalue weighted by Crippen LogP contribution is -2.62. The van der Waals surface area contributed by atoms with E-state index in [1.54, 1.807) is 11.3 Å². The monoisotopic (exact) mass is 346 g/mol. The van der Waals surface area contributed by atoms with Crippen molar-refractivity contribution in [3.63, 3.8) is 0 Å². The third-order valence-corrected chi connectivity index (χ3v) is 6.28. The number of aryl methyl sites for hydroxylation is 1. The van der Waals surface area contributed by atoms with Crippen molar-refractivity contribution in [3.05, 3.63) is 33.9 Å². The Morgan fingerprint density at radius 3 is 2.88 bits per heavy atom. The number of hydrogen-bond acceptors (Lipinski definition) is 6. The molecular formula is C18H26N4OS. The van der Waals surface area contributed by atoms with E-state index >= 15 is 0 Å². The Labute approximate surface area is 147 Å². The molecule has 0 aliphatic carbocycles. The van der Waals surface area contributed by atoms with Crippen LogP contribution in [0, 0.1) is 12.8 Å². The van der Waals surface area contributed by atoms with E-state index in [0.29, 0.717) is 5.92 Å². The standard InChI is InChI=1S/C18H26N4OS/c1-12(2)18-20-15(10-23-18)8-22-7-14-6-21(5-4-16(14)22)9-17-13(3)19-11-24-17/h10-12,14,16H,4-9H2,1-3H3/t14-,16-/m0/s1. The molecule has 0 aromatic carbocycles. The molecule has 0 radical (unpaired) electrons. The van der Waals surface area contributed by atoms with E-state index < -0.39 is 0 Å². The predicted octanol–water partition coefficient (Wildman–Crippen LogP) is 3.27. The zero-order chi connectivity index (χ0) is 16.7. The molecule has 0 saturated carbocycles. The first-order valence-corrected chi connectivity index (χ1v) is 9.77. The zero-order valence-electron chi connectivity index (χ0n) is 14.7. The molecule has 2 fully saturated rings. The van der Waals surface area contributed by atoms with Crippen LogP contribution >= 0.6 is 11.3 Å². The maximum Gasteiger partial charge on any atom is 0.196 e. The van der Waals surface area contributed by atoms with Crippen LogP contribution in [0.4, 0.5) is 0 Å². The normalized spacial score (nSPS) is 25.0. The Morgan fingerprint density at radius 1 is 1.33 bits per heavy atom. The number of aromatic nitrogens is 2. The van der Waals surface area contributed by atoms with Crippen LogP contribution in [0.15, 0.2) is 16.2 Å². The van der Waals surface area contributed by atoms with Gasteiger partial charge in [-0.05, 0) is 19.3 Å². The van der Waals surface area contributed by atoms with Crippen molar-refractivity contribution in [2.75, 3.05) is 19.6 Å². The average Bonchev–Trinajstić information content (AvgIpc) is 3.15. The molecule has 2 aromatic heterocycles. The molecular weight excluding hydrogens is 320 g/mol. The van der Waals surface area contributed by atoms with Gasteiger partial charge in [0.2, 0.25) is 0 Å². The minimum absolute atomic E-state index is 0.362. The molecule has 4 heterocycles. The van der Waals surface area contributed by atoms with Crippen LogP contribution in [-0.2, 0) is 13.1 Å². The van der Waals surface area contributed by atoms with Gasteiger partial charge in [0, 0.05) is 49.6 Å². The van der Waals surface area contributed by atoms with Crippen LogP contribution in [0.3, 0.4) is 0 Å². The third-order valence-electron chi connectivity index (χ3n) is 5.36. The van der Waals surface area contributed by atoms with Crippen LogP contribution in [0.5, 0.6) is 0 Å². The number of hydrogen-bond donors (Lipinski definition) is 0. The Balaban J connectivity index is 1.30. The maximum atomic E-state index is 5.57. The van der Waals surface area contributed by atoms with Crippen LogP contribution in [0.2, 0.25) is 0 Å². The van der Waals surface area contributed by atoms with E-state index in [9.17, 15) is 0 Å². The van der Waals surface area contributed by atoms with E-state index in [-0.39, 0.29) is 0 Å². The summed E-state index contributed by atoms with van der Waals surface area (Å²) in [5, 5.41) is 0. The van der Waals surface area contributed by atoms with E-state index in [1.807, 2.05) is 11.8 Å². The minimum Gasteiger partial charge on any atom is -0.448 e. The summed E-state index contributed by atoms with van der Waals surface area (Å²) >= 11 is 1.79. The minimum atomic E-state index is 0.362. The third kappa shape index (κ3) is 3.15. The number of piperidine rings is 1. The second kappa shape index (κ2) is 6.58. The highest BCUT2D eigenvalue weighted by Crippen LogP contribution is 2.34. The molecule has 4 rings (SSSR count). The number of nitrogens with zero attached hydrogens (tertiary/aromatic N) is 4. The quantitative estimate of drug-likeness (QED) is 0.831. The number of fused-ring (bicyclic) bond motifs is 1. The molecule has 2 aromatic rings. The van der Waals surface area contributed by atoms with Gasteiger partial charge in [0.15, 0.2) is 5.89 Å². The highest BCUT2D eigenvalue weighted by atomic mass is 32.1. The molecule has 0 amide bonds. The SMILES string of the molecule is Cc1ncsc1CN1CC[C@H]2[C@@H](C1)CN2Cc1coc(C(C)C)n1. The Kier molecular flexibility index (Phi) is 4.45. The van der Waals surface area contributed by atoms with Crippen LogP contribution < -0.4 is 0 Å². The van der Waals surface area contributed by atoms with Crippen LogP contribution in [0.25, 0.3) is 0 Å². The number of oxazole rings is 1. The smallest absolute Gasteiger partial charge is 0.196 e. The highest BCUT2D eigenvalue weighted by molar-refractivity contribution is 7.09. The van der Waals surface area contributed by atoms with Crippen molar-refractivity contribution in [1.82, 2.24) is 19.8 Å². The van der Waals surface area contributed by atoms with Crippen LogP contribution in [-0.4, -0.2) is 45.4 Å². The van der Waals surface area contributed by atoms with Crippen molar-refractivity contribution < 1.29 is 4.42 Å². The van der Waals surface area contributed by atoms with Crippen molar-refractivity contribution in [3.8, 4) is 0 Å². The lowest BCUT2D eigenvalue weighted by atomic mass is 9.82. The van der Waals surface area contributed by atoms with Gasteiger partial charge >= 0.3 is 0 Å². The highest BCUT2D eigenvalue weighted by Gasteiger charge is 2.42.